The molecule has 1 aromatic rings. The summed E-state index contributed by atoms with van der Waals surface area (Å²) in [6.07, 6.45) is 3.68. The van der Waals surface area contributed by atoms with E-state index in [9.17, 15) is 9.59 Å². The van der Waals surface area contributed by atoms with Gasteiger partial charge >= 0.3 is 5.97 Å². The van der Waals surface area contributed by atoms with Gasteiger partial charge in [0.2, 0.25) is 11.7 Å². The van der Waals surface area contributed by atoms with Crippen LogP contribution in [0.4, 0.5) is 0 Å². The van der Waals surface area contributed by atoms with Crippen LogP contribution in [0, 0.1) is 5.92 Å². The van der Waals surface area contributed by atoms with Crippen LogP contribution in [0.25, 0.3) is 0 Å². The molecule has 150 valence electrons. The zero-order valence-electron chi connectivity index (χ0n) is 16.3. The number of ether oxygens (including phenoxy) is 3. The molecule has 1 amide bonds. The van der Waals surface area contributed by atoms with E-state index in [4.69, 9.17) is 19.3 Å². The van der Waals surface area contributed by atoms with Gasteiger partial charge in [-0.3, -0.25) is 9.59 Å². The smallest absolute Gasteiger partial charge is 0.303 e. The molecule has 1 N–H and O–H groups in total. The molecule has 1 aliphatic heterocycles. The largest absolute Gasteiger partial charge is 0.493 e. The topological polar surface area (TPSA) is 85.3 Å². The molecule has 2 rings (SSSR count). The van der Waals surface area contributed by atoms with E-state index in [0.29, 0.717) is 43.1 Å². The fraction of sp³-hybridized carbons (Fsp3) is 0.600. The first kappa shape index (κ1) is 20.9. The highest BCUT2D eigenvalue weighted by molar-refractivity contribution is 5.76. The Hall–Kier alpha value is -2.44. The predicted molar refractivity (Wildman–Crippen MR) is 101 cm³/mol. The summed E-state index contributed by atoms with van der Waals surface area (Å²) in [5.74, 6) is 1.29. The van der Waals surface area contributed by atoms with Gasteiger partial charge < -0.3 is 24.2 Å². The van der Waals surface area contributed by atoms with Gasteiger partial charge in [-0.15, -0.1) is 0 Å². The minimum atomic E-state index is -0.777. The molecule has 1 fully saturated rings. The number of methoxy groups -OCH3 is 3. The van der Waals surface area contributed by atoms with Gasteiger partial charge in [-0.05, 0) is 49.3 Å². The maximum Gasteiger partial charge on any atom is 0.303 e. The Labute approximate surface area is 160 Å². The molecule has 0 saturated carbocycles. The number of aryl methyl sites for hydroxylation is 1. The summed E-state index contributed by atoms with van der Waals surface area (Å²) in [6.45, 7) is 1.40. The highest BCUT2D eigenvalue weighted by atomic mass is 16.5. The van der Waals surface area contributed by atoms with Gasteiger partial charge in [-0.2, -0.15) is 0 Å². The first-order valence-corrected chi connectivity index (χ1v) is 9.27. The Bertz CT molecular complexity index is 635. The lowest BCUT2D eigenvalue weighted by Crippen LogP contribution is -2.40. The molecule has 1 unspecified atom stereocenters. The second-order valence-corrected chi connectivity index (χ2v) is 6.81. The Morgan fingerprint density at radius 3 is 2.33 bits per heavy atom. The van der Waals surface area contributed by atoms with Crippen molar-refractivity contribution in [2.45, 2.75) is 38.5 Å². The van der Waals surface area contributed by atoms with Gasteiger partial charge in [0.05, 0.1) is 21.3 Å². The van der Waals surface area contributed by atoms with Gasteiger partial charge in [0.1, 0.15) is 0 Å². The molecular weight excluding hydrogens is 350 g/mol. The van der Waals surface area contributed by atoms with E-state index in [1.54, 1.807) is 21.3 Å². The Balaban J connectivity index is 1.95. The lowest BCUT2D eigenvalue weighted by Gasteiger charge is -2.32. The number of piperidine rings is 1. The first-order chi connectivity index (χ1) is 13.0. The fourth-order valence-electron chi connectivity index (χ4n) is 3.54. The van der Waals surface area contributed by atoms with Crippen LogP contribution < -0.4 is 14.2 Å². The van der Waals surface area contributed by atoms with Crippen LogP contribution >= 0.6 is 0 Å². The number of hydrogen-bond acceptors (Lipinski definition) is 5. The van der Waals surface area contributed by atoms with E-state index < -0.39 is 5.97 Å². The minimum absolute atomic E-state index is 0.101. The number of nitrogens with zero attached hydrogens (tertiary/aromatic N) is 1. The highest BCUT2D eigenvalue weighted by Crippen LogP contribution is 2.38. The molecule has 1 heterocycles. The Kier molecular flexibility index (Phi) is 7.76. The Morgan fingerprint density at radius 2 is 1.78 bits per heavy atom. The zero-order chi connectivity index (χ0) is 19.8. The molecule has 1 atom stereocenters. The van der Waals surface area contributed by atoms with Gasteiger partial charge in [0, 0.05) is 25.9 Å². The molecule has 7 nitrogen and oxygen atoms in total. The molecule has 0 radical (unpaired) electrons. The van der Waals surface area contributed by atoms with Crippen molar-refractivity contribution in [3.05, 3.63) is 17.7 Å². The maximum atomic E-state index is 12.6. The standard InChI is InChI=1S/C20H29NO6/c1-25-16-11-15(12-17(26-2)20(16)27-3)6-8-18(22)21-10-4-5-14(13-21)7-9-19(23)24/h11-12,14H,4-10,13H2,1-3H3,(H,23,24). The summed E-state index contributed by atoms with van der Waals surface area (Å²) in [4.78, 5) is 25.2. The summed E-state index contributed by atoms with van der Waals surface area (Å²) in [5.41, 5.74) is 0.942. The van der Waals surface area contributed by atoms with Gasteiger partial charge in [-0.1, -0.05) is 0 Å². The van der Waals surface area contributed by atoms with Crippen LogP contribution in [0.1, 0.15) is 37.7 Å². The summed E-state index contributed by atoms with van der Waals surface area (Å²) in [6, 6.07) is 3.72. The van der Waals surface area contributed by atoms with Crippen LogP contribution in [0.5, 0.6) is 17.2 Å². The van der Waals surface area contributed by atoms with Crippen molar-refractivity contribution >= 4 is 11.9 Å². The number of carboxylic acids is 1. The third kappa shape index (κ3) is 5.77. The predicted octanol–water partition coefficient (Wildman–Crippen LogP) is 2.75. The minimum Gasteiger partial charge on any atom is -0.493 e. The first-order valence-electron chi connectivity index (χ1n) is 9.27. The number of carbonyl (C=O) groups is 2. The molecule has 1 aliphatic rings. The lowest BCUT2D eigenvalue weighted by molar-refractivity contribution is -0.137. The van der Waals surface area contributed by atoms with Crippen molar-refractivity contribution in [1.82, 2.24) is 4.90 Å². The van der Waals surface area contributed by atoms with Crippen LogP contribution in [0.15, 0.2) is 12.1 Å². The van der Waals surface area contributed by atoms with Crippen LogP contribution in [-0.2, 0) is 16.0 Å². The van der Waals surface area contributed by atoms with Crippen molar-refractivity contribution < 1.29 is 28.9 Å². The molecule has 1 saturated heterocycles. The maximum absolute atomic E-state index is 12.6. The van der Waals surface area contributed by atoms with Crippen molar-refractivity contribution in [2.75, 3.05) is 34.4 Å². The van der Waals surface area contributed by atoms with Gasteiger partial charge in [0.15, 0.2) is 11.5 Å². The molecule has 1 aromatic carbocycles. The average Bonchev–Trinajstić information content (AvgIpc) is 2.69. The van der Waals surface area contributed by atoms with E-state index in [1.165, 1.54) is 0 Å². The number of hydrogen-bond donors (Lipinski definition) is 1. The van der Waals surface area contributed by atoms with Gasteiger partial charge in [0.25, 0.3) is 0 Å². The normalized spacial score (nSPS) is 16.7. The molecule has 0 aromatic heterocycles. The molecule has 7 heteroatoms. The number of carbonyl (C=O) groups excluding carboxylic acids is 1. The number of aliphatic carboxylic acids is 1. The second kappa shape index (κ2) is 10.0. The average molecular weight is 379 g/mol. The van der Waals surface area contributed by atoms with E-state index in [1.807, 2.05) is 17.0 Å². The quantitative estimate of drug-likeness (QED) is 0.710. The number of carboxylic acid groups (broad SMARTS) is 1. The monoisotopic (exact) mass is 379 g/mol. The lowest BCUT2D eigenvalue weighted by atomic mass is 9.93. The van der Waals surface area contributed by atoms with E-state index >= 15 is 0 Å². The molecule has 0 aliphatic carbocycles. The van der Waals surface area contributed by atoms with Crippen LogP contribution in [0.2, 0.25) is 0 Å². The number of rotatable bonds is 9. The summed E-state index contributed by atoms with van der Waals surface area (Å²) in [7, 11) is 4.69. The summed E-state index contributed by atoms with van der Waals surface area (Å²) < 4.78 is 16.0. The van der Waals surface area contributed by atoms with Crippen molar-refractivity contribution in [2.24, 2.45) is 5.92 Å². The molecule has 0 spiro atoms. The molecule has 0 bridgehead atoms. The SMILES string of the molecule is COc1cc(CCC(=O)N2CCCC(CCC(=O)O)C2)cc(OC)c1OC. The second-order valence-electron chi connectivity index (χ2n) is 6.81. The van der Waals surface area contributed by atoms with Crippen LogP contribution in [0.3, 0.4) is 0 Å². The van der Waals surface area contributed by atoms with E-state index in [-0.39, 0.29) is 18.2 Å². The number of likely N-dealkylation sites (tertiary alicyclic amines) is 1. The summed E-state index contributed by atoms with van der Waals surface area (Å²) in [5, 5.41) is 8.84. The van der Waals surface area contributed by atoms with Crippen molar-refractivity contribution in [3.8, 4) is 17.2 Å². The van der Waals surface area contributed by atoms with Gasteiger partial charge in [-0.25, -0.2) is 0 Å². The Morgan fingerprint density at radius 1 is 1.11 bits per heavy atom. The third-order valence-corrected chi connectivity index (χ3v) is 4.99. The molecular formula is C20H29NO6. The fourth-order valence-corrected chi connectivity index (χ4v) is 3.54. The van der Waals surface area contributed by atoms with Crippen molar-refractivity contribution in [1.29, 1.82) is 0 Å². The number of benzene rings is 1. The molecule has 27 heavy (non-hydrogen) atoms. The van der Waals surface area contributed by atoms with Crippen molar-refractivity contribution in [3.63, 3.8) is 0 Å². The third-order valence-electron chi connectivity index (χ3n) is 4.99. The van der Waals surface area contributed by atoms with Crippen LogP contribution in [-0.4, -0.2) is 56.3 Å². The van der Waals surface area contributed by atoms with E-state index in [0.717, 1.165) is 24.9 Å². The van der Waals surface area contributed by atoms with E-state index in [2.05, 4.69) is 0 Å². The zero-order valence-corrected chi connectivity index (χ0v) is 16.3. The highest BCUT2D eigenvalue weighted by Gasteiger charge is 2.24. The summed E-state index contributed by atoms with van der Waals surface area (Å²) >= 11 is 0. The number of amides is 1.